The van der Waals surface area contributed by atoms with Gasteiger partial charge in [0, 0.05) is 26.1 Å². The van der Waals surface area contributed by atoms with Crippen LogP contribution >= 0.6 is 0 Å². The van der Waals surface area contributed by atoms with E-state index < -0.39 is 0 Å². The van der Waals surface area contributed by atoms with Crippen LogP contribution in [0.3, 0.4) is 0 Å². The molecule has 4 rings (SSSR count). The predicted octanol–water partition coefficient (Wildman–Crippen LogP) is 3.19. The lowest BCUT2D eigenvalue weighted by molar-refractivity contribution is 0.0645. The number of ether oxygens (including phenoxy) is 1. The van der Waals surface area contributed by atoms with Crippen molar-refractivity contribution in [3.8, 4) is 17.0 Å². The lowest BCUT2D eigenvalue weighted by atomic mass is 9.96. The van der Waals surface area contributed by atoms with Gasteiger partial charge < -0.3 is 9.64 Å². The number of rotatable bonds is 3. The van der Waals surface area contributed by atoms with Gasteiger partial charge in [-0.3, -0.25) is 4.79 Å². The molecule has 1 aromatic heterocycles. The third-order valence-electron chi connectivity index (χ3n) is 5.05. The molecule has 3 heterocycles. The Morgan fingerprint density at radius 2 is 2.08 bits per heavy atom. The summed E-state index contributed by atoms with van der Waals surface area (Å²) in [5, 5.41) is 4.52. The molecule has 0 atom stereocenters. The Labute approximate surface area is 146 Å². The molecule has 25 heavy (non-hydrogen) atoms. The van der Waals surface area contributed by atoms with Gasteiger partial charge in [-0.15, -0.1) is 0 Å². The second kappa shape index (κ2) is 6.17. The van der Waals surface area contributed by atoms with E-state index in [0.29, 0.717) is 47.8 Å². The number of carbonyl (C=O) groups excluding carboxylic acids is 1. The highest BCUT2D eigenvalue weighted by Crippen LogP contribution is 2.39. The summed E-state index contributed by atoms with van der Waals surface area (Å²) in [5.74, 6) is 0.245. The van der Waals surface area contributed by atoms with Crippen LogP contribution < -0.4 is 4.74 Å². The maximum absolute atomic E-state index is 14.5. The van der Waals surface area contributed by atoms with Crippen LogP contribution in [-0.2, 0) is 13.0 Å². The highest BCUT2D eigenvalue weighted by Gasteiger charge is 2.32. The maximum atomic E-state index is 14.5. The summed E-state index contributed by atoms with van der Waals surface area (Å²) in [6, 6.07) is 3.38. The SMILES string of the molecule is CCc1cc(C)c(-c2c(C(=O)N3CCC3)nn3c2OCCC3)cc1F. The van der Waals surface area contributed by atoms with Crippen molar-refractivity contribution in [3.05, 3.63) is 34.8 Å². The molecule has 0 aliphatic carbocycles. The molecule has 5 nitrogen and oxygen atoms in total. The molecule has 2 aromatic rings. The Balaban J connectivity index is 1.89. The average Bonchev–Trinajstić information content (AvgIpc) is 2.94. The Morgan fingerprint density at radius 1 is 1.28 bits per heavy atom. The molecule has 6 heteroatoms. The van der Waals surface area contributed by atoms with Crippen LogP contribution in [-0.4, -0.2) is 40.3 Å². The zero-order valence-corrected chi connectivity index (χ0v) is 14.6. The number of nitrogens with zero attached hydrogens (tertiary/aromatic N) is 3. The van der Waals surface area contributed by atoms with Gasteiger partial charge in [0.1, 0.15) is 5.82 Å². The first-order valence-electron chi connectivity index (χ1n) is 8.92. The van der Waals surface area contributed by atoms with E-state index in [0.717, 1.165) is 31.5 Å². The van der Waals surface area contributed by atoms with Gasteiger partial charge in [-0.25, -0.2) is 9.07 Å². The van der Waals surface area contributed by atoms with Crippen molar-refractivity contribution in [2.75, 3.05) is 19.7 Å². The largest absolute Gasteiger partial charge is 0.477 e. The molecule has 132 valence electrons. The Morgan fingerprint density at radius 3 is 2.76 bits per heavy atom. The van der Waals surface area contributed by atoms with E-state index in [1.165, 1.54) is 6.07 Å². The zero-order valence-electron chi connectivity index (χ0n) is 14.6. The van der Waals surface area contributed by atoms with E-state index in [1.807, 2.05) is 19.9 Å². The summed E-state index contributed by atoms with van der Waals surface area (Å²) in [6.45, 7) is 6.68. The zero-order chi connectivity index (χ0) is 17.6. The minimum atomic E-state index is -0.249. The van der Waals surface area contributed by atoms with Crippen LogP contribution in [0.1, 0.15) is 41.4 Å². The summed E-state index contributed by atoms with van der Waals surface area (Å²) >= 11 is 0. The van der Waals surface area contributed by atoms with E-state index >= 15 is 0 Å². The molecule has 0 bridgehead atoms. The number of amides is 1. The summed E-state index contributed by atoms with van der Waals surface area (Å²) in [7, 11) is 0. The smallest absolute Gasteiger partial charge is 0.275 e. The Kier molecular flexibility index (Phi) is 3.98. The molecule has 0 N–H and O–H groups in total. The minimum absolute atomic E-state index is 0.0915. The van der Waals surface area contributed by atoms with Crippen molar-refractivity contribution >= 4 is 5.91 Å². The first kappa shape index (κ1) is 16.1. The van der Waals surface area contributed by atoms with Gasteiger partial charge in [0.15, 0.2) is 5.69 Å². The van der Waals surface area contributed by atoms with Gasteiger partial charge in [0.2, 0.25) is 5.88 Å². The number of benzene rings is 1. The van der Waals surface area contributed by atoms with Crippen LogP contribution in [0.5, 0.6) is 5.88 Å². The van der Waals surface area contributed by atoms with Crippen molar-refractivity contribution < 1.29 is 13.9 Å². The van der Waals surface area contributed by atoms with Crippen LogP contribution in [0.2, 0.25) is 0 Å². The minimum Gasteiger partial charge on any atom is -0.477 e. The molecular formula is C19H22FN3O2. The summed E-state index contributed by atoms with van der Waals surface area (Å²) in [5.41, 5.74) is 3.32. The fourth-order valence-electron chi connectivity index (χ4n) is 3.47. The summed E-state index contributed by atoms with van der Waals surface area (Å²) in [6.07, 6.45) is 2.51. The van der Waals surface area contributed by atoms with Gasteiger partial charge in [-0.05, 0) is 42.5 Å². The molecule has 1 saturated heterocycles. The normalized spacial score (nSPS) is 16.2. The van der Waals surface area contributed by atoms with Crippen molar-refractivity contribution in [2.24, 2.45) is 0 Å². The number of hydrogen-bond donors (Lipinski definition) is 0. The first-order valence-corrected chi connectivity index (χ1v) is 8.92. The number of likely N-dealkylation sites (tertiary alicyclic amines) is 1. The molecule has 1 aromatic carbocycles. The lowest BCUT2D eigenvalue weighted by Crippen LogP contribution is -2.42. The molecular weight excluding hydrogens is 321 g/mol. The van der Waals surface area contributed by atoms with Crippen molar-refractivity contribution in [1.29, 1.82) is 0 Å². The van der Waals surface area contributed by atoms with Crippen LogP contribution in [0.25, 0.3) is 11.1 Å². The predicted molar refractivity (Wildman–Crippen MR) is 92.4 cm³/mol. The molecule has 0 spiro atoms. The van der Waals surface area contributed by atoms with Gasteiger partial charge in [0.25, 0.3) is 5.91 Å². The quantitative estimate of drug-likeness (QED) is 0.860. The van der Waals surface area contributed by atoms with Crippen LogP contribution in [0.4, 0.5) is 4.39 Å². The van der Waals surface area contributed by atoms with Gasteiger partial charge >= 0.3 is 0 Å². The Hall–Kier alpha value is -2.37. The number of fused-ring (bicyclic) bond motifs is 1. The van der Waals surface area contributed by atoms with Gasteiger partial charge in [-0.1, -0.05) is 13.0 Å². The van der Waals surface area contributed by atoms with E-state index in [1.54, 1.807) is 9.58 Å². The van der Waals surface area contributed by atoms with Gasteiger partial charge in [0.05, 0.1) is 12.2 Å². The molecule has 1 fully saturated rings. The van der Waals surface area contributed by atoms with E-state index in [9.17, 15) is 9.18 Å². The number of carbonyl (C=O) groups is 1. The summed E-state index contributed by atoms with van der Waals surface area (Å²) in [4.78, 5) is 14.6. The molecule has 1 amide bonds. The average molecular weight is 343 g/mol. The number of aryl methyl sites for hydroxylation is 3. The molecule has 0 saturated carbocycles. The second-order valence-corrected chi connectivity index (χ2v) is 6.71. The summed E-state index contributed by atoms with van der Waals surface area (Å²) < 4.78 is 22.0. The molecule has 2 aliphatic heterocycles. The highest BCUT2D eigenvalue weighted by atomic mass is 19.1. The topological polar surface area (TPSA) is 47.4 Å². The standard InChI is InChI=1S/C19H22FN3O2/c1-3-13-10-12(2)14(11-15(13)20)16-17(18(24)22-6-4-7-22)21-23-8-5-9-25-19(16)23/h10-11H,3-9H2,1-2H3. The lowest BCUT2D eigenvalue weighted by Gasteiger charge is -2.30. The fourth-order valence-corrected chi connectivity index (χ4v) is 3.47. The highest BCUT2D eigenvalue weighted by molar-refractivity contribution is 6.01. The van der Waals surface area contributed by atoms with E-state index in [2.05, 4.69) is 5.10 Å². The van der Waals surface area contributed by atoms with Crippen molar-refractivity contribution in [1.82, 2.24) is 14.7 Å². The fraction of sp³-hybridized carbons (Fsp3) is 0.474. The van der Waals surface area contributed by atoms with Gasteiger partial charge in [-0.2, -0.15) is 5.10 Å². The third-order valence-corrected chi connectivity index (χ3v) is 5.05. The molecule has 2 aliphatic rings. The van der Waals surface area contributed by atoms with Crippen molar-refractivity contribution in [3.63, 3.8) is 0 Å². The van der Waals surface area contributed by atoms with Crippen LogP contribution in [0.15, 0.2) is 12.1 Å². The number of halogens is 1. The first-order chi connectivity index (χ1) is 12.1. The molecule has 0 unspecified atom stereocenters. The monoisotopic (exact) mass is 343 g/mol. The van der Waals surface area contributed by atoms with Crippen molar-refractivity contribution in [2.45, 2.75) is 39.7 Å². The van der Waals surface area contributed by atoms with Crippen LogP contribution in [0, 0.1) is 12.7 Å². The van der Waals surface area contributed by atoms with E-state index in [-0.39, 0.29) is 11.7 Å². The maximum Gasteiger partial charge on any atom is 0.275 e. The second-order valence-electron chi connectivity index (χ2n) is 6.71. The number of aromatic nitrogens is 2. The Bertz CT molecular complexity index is 840. The van der Waals surface area contributed by atoms with E-state index in [4.69, 9.17) is 4.74 Å². The number of hydrogen-bond acceptors (Lipinski definition) is 3. The molecule has 0 radical (unpaired) electrons. The third kappa shape index (κ3) is 2.60.